The molecule has 1 saturated heterocycles. The molecule has 24 heavy (non-hydrogen) atoms. The van der Waals surface area contributed by atoms with Crippen LogP contribution in [0.25, 0.3) is 6.08 Å². The van der Waals surface area contributed by atoms with Crippen molar-refractivity contribution in [2.45, 2.75) is 18.9 Å². The Labute approximate surface area is 138 Å². The van der Waals surface area contributed by atoms with E-state index >= 15 is 0 Å². The normalized spacial score (nSPS) is 16.9. The summed E-state index contributed by atoms with van der Waals surface area (Å²) in [4.78, 5) is 33.1. The highest BCUT2D eigenvalue weighted by molar-refractivity contribution is 5.89. The Morgan fingerprint density at radius 1 is 1.38 bits per heavy atom. The largest absolute Gasteiger partial charge is 0.452 e. The van der Waals surface area contributed by atoms with Crippen LogP contribution in [0.5, 0.6) is 0 Å². The summed E-state index contributed by atoms with van der Waals surface area (Å²) in [5, 5.41) is 13.2. The van der Waals surface area contributed by atoms with Crippen LogP contribution in [-0.4, -0.2) is 42.7 Å². The van der Waals surface area contributed by atoms with Crippen LogP contribution in [0.15, 0.2) is 30.3 Å². The molecule has 1 unspecified atom stereocenters. The van der Waals surface area contributed by atoms with Gasteiger partial charge in [-0.25, -0.2) is 4.79 Å². The van der Waals surface area contributed by atoms with Gasteiger partial charge in [0.25, 0.3) is 11.6 Å². The van der Waals surface area contributed by atoms with Gasteiger partial charge >= 0.3 is 5.97 Å². The molecule has 1 fully saturated rings. The van der Waals surface area contributed by atoms with E-state index in [4.69, 9.17) is 9.47 Å². The maximum Gasteiger partial charge on any atom is 0.331 e. The zero-order valence-electron chi connectivity index (χ0n) is 13.0. The van der Waals surface area contributed by atoms with Gasteiger partial charge in [0, 0.05) is 31.4 Å². The minimum absolute atomic E-state index is 0.0300. The van der Waals surface area contributed by atoms with E-state index < -0.39 is 10.9 Å². The standard InChI is InChI=1S/C16H18N2O6/c19-15(17-10-14-2-1-9-23-14)11-24-16(20)8-5-12-3-6-13(7-4-12)18(21)22/h3-8,14H,1-2,9-11H2,(H,17,19)/b8-5+. The van der Waals surface area contributed by atoms with Gasteiger partial charge in [-0.2, -0.15) is 0 Å². The molecule has 1 heterocycles. The molecule has 1 amide bonds. The predicted octanol–water partition coefficient (Wildman–Crippen LogP) is 1.45. The van der Waals surface area contributed by atoms with Crippen LogP contribution < -0.4 is 5.32 Å². The van der Waals surface area contributed by atoms with Crippen molar-refractivity contribution in [2.24, 2.45) is 0 Å². The first kappa shape index (κ1) is 17.6. The SMILES string of the molecule is O=C(COC(=O)/C=C/c1ccc([N+](=O)[O-])cc1)NCC1CCCO1. The topological polar surface area (TPSA) is 108 Å². The zero-order valence-corrected chi connectivity index (χ0v) is 13.0. The van der Waals surface area contributed by atoms with Gasteiger partial charge in [0.2, 0.25) is 0 Å². The smallest absolute Gasteiger partial charge is 0.331 e. The average molecular weight is 334 g/mol. The van der Waals surface area contributed by atoms with Gasteiger partial charge in [-0.05, 0) is 36.6 Å². The third kappa shape index (κ3) is 5.81. The van der Waals surface area contributed by atoms with Crippen LogP contribution in [0.4, 0.5) is 5.69 Å². The number of rotatable bonds is 7. The Hall–Kier alpha value is -2.74. The quantitative estimate of drug-likeness (QED) is 0.350. The molecule has 1 N–H and O–H groups in total. The number of carbonyl (C=O) groups excluding carboxylic acids is 2. The van der Waals surface area contributed by atoms with Crippen molar-refractivity contribution in [3.05, 3.63) is 46.0 Å². The lowest BCUT2D eigenvalue weighted by atomic mass is 10.2. The first-order chi connectivity index (χ1) is 11.5. The molecular formula is C16H18N2O6. The molecule has 1 aromatic rings. The summed E-state index contributed by atoms with van der Waals surface area (Å²) >= 11 is 0. The fourth-order valence-corrected chi connectivity index (χ4v) is 2.14. The second-order valence-corrected chi connectivity index (χ2v) is 5.23. The van der Waals surface area contributed by atoms with Crippen LogP contribution in [0.1, 0.15) is 18.4 Å². The van der Waals surface area contributed by atoms with E-state index in [2.05, 4.69) is 5.32 Å². The van der Waals surface area contributed by atoms with Crippen molar-refractivity contribution in [1.82, 2.24) is 5.32 Å². The molecule has 1 aliphatic heterocycles. The molecule has 0 aromatic heterocycles. The maximum absolute atomic E-state index is 11.5. The van der Waals surface area contributed by atoms with Gasteiger partial charge < -0.3 is 14.8 Å². The lowest BCUT2D eigenvalue weighted by Crippen LogP contribution is -2.34. The number of nitrogens with zero attached hydrogens (tertiary/aromatic N) is 1. The van der Waals surface area contributed by atoms with Crippen molar-refractivity contribution in [3.8, 4) is 0 Å². The second-order valence-electron chi connectivity index (χ2n) is 5.23. The van der Waals surface area contributed by atoms with Gasteiger partial charge in [0.1, 0.15) is 0 Å². The minimum Gasteiger partial charge on any atom is -0.452 e. The number of non-ortho nitro benzene ring substituents is 1. The fraction of sp³-hybridized carbons (Fsp3) is 0.375. The molecule has 0 bridgehead atoms. The van der Waals surface area contributed by atoms with Crippen molar-refractivity contribution >= 4 is 23.6 Å². The summed E-state index contributed by atoms with van der Waals surface area (Å²) in [6.07, 6.45) is 4.55. The Kier molecular flexibility index (Phi) is 6.44. The van der Waals surface area contributed by atoms with Crippen LogP contribution in [-0.2, 0) is 19.1 Å². The molecule has 128 valence electrons. The minimum atomic E-state index is -0.666. The van der Waals surface area contributed by atoms with E-state index in [1.807, 2.05) is 0 Å². The van der Waals surface area contributed by atoms with E-state index in [1.54, 1.807) is 0 Å². The molecular weight excluding hydrogens is 316 g/mol. The molecule has 0 saturated carbocycles. The van der Waals surface area contributed by atoms with Gasteiger partial charge in [-0.1, -0.05) is 0 Å². The predicted molar refractivity (Wildman–Crippen MR) is 85.1 cm³/mol. The number of esters is 1. The lowest BCUT2D eigenvalue weighted by Gasteiger charge is -2.10. The monoisotopic (exact) mass is 334 g/mol. The Balaban J connectivity index is 1.69. The molecule has 1 aromatic carbocycles. The number of hydrogen-bond acceptors (Lipinski definition) is 6. The lowest BCUT2D eigenvalue weighted by molar-refractivity contribution is -0.384. The third-order valence-electron chi connectivity index (χ3n) is 3.41. The molecule has 8 heteroatoms. The molecule has 1 atom stereocenters. The highest BCUT2D eigenvalue weighted by Crippen LogP contribution is 2.13. The van der Waals surface area contributed by atoms with Crippen LogP contribution in [0.3, 0.4) is 0 Å². The summed E-state index contributed by atoms with van der Waals surface area (Å²) in [6.45, 7) is 0.758. The number of nitrogens with one attached hydrogen (secondary N) is 1. The van der Waals surface area contributed by atoms with Crippen LogP contribution in [0, 0.1) is 10.1 Å². The van der Waals surface area contributed by atoms with Crippen molar-refractivity contribution in [2.75, 3.05) is 19.8 Å². The summed E-state index contributed by atoms with van der Waals surface area (Å²) in [5.74, 6) is -1.05. The molecule has 2 rings (SSSR count). The number of nitro groups is 1. The highest BCUT2D eigenvalue weighted by atomic mass is 16.6. The molecule has 1 aliphatic rings. The number of benzene rings is 1. The molecule has 0 radical (unpaired) electrons. The Bertz CT molecular complexity index is 620. The van der Waals surface area contributed by atoms with Crippen molar-refractivity contribution in [1.29, 1.82) is 0 Å². The second kappa shape index (κ2) is 8.78. The van der Waals surface area contributed by atoms with Gasteiger partial charge in [0.15, 0.2) is 6.61 Å². The fourth-order valence-electron chi connectivity index (χ4n) is 2.14. The Morgan fingerprint density at radius 2 is 2.12 bits per heavy atom. The number of amides is 1. The van der Waals surface area contributed by atoms with Crippen molar-refractivity contribution in [3.63, 3.8) is 0 Å². The molecule has 0 spiro atoms. The maximum atomic E-state index is 11.5. The van der Waals surface area contributed by atoms with E-state index in [1.165, 1.54) is 30.3 Å². The number of ether oxygens (including phenoxy) is 2. The van der Waals surface area contributed by atoms with Gasteiger partial charge in [-0.3, -0.25) is 14.9 Å². The van der Waals surface area contributed by atoms with Gasteiger partial charge in [0.05, 0.1) is 11.0 Å². The highest BCUT2D eigenvalue weighted by Gasteiger charge is 2.16. The van der Waals surface area contributed by atoms with Gasteiger partial charge in [-0.15, -0.1) is 0 Å². The molecule has 0 aliphatic carbocycles. The van der Waals surface area contributed by atoms with Crippen molar-refractivity contribution < 1.29 is 24.0 Å². The number of nitro benzene ring substituents is 1. The van der Waals surface area contributed by atoms with Crippen LogP contribution in [0.2, 0.25) is 0 Å². The van der Waals surface area contributed by atoms with Crippen LogP contribution >= 0.6 is 0 Å². The number of hydrogen-bond donors (Lipinski definition) is 1. The first-order valence-electron chi connectivity index (χ1n) is 7.52. The van der Waals surface area contributed by atoms with E-state index in [-0.39, 0.29) is 24.3 Å². The zero-order chi connectivity index (χ0) is 17.4. The van der Waals surface area contributed by atoms with E-state index in [0.717, 1.165) is 18.9 Å². The average Bonchev–Trinajstić information content (AvgIpc) is 3.10. The summed E-state index contributed by atoms with van der Waals surface area (Å²) < 4.78 is 10.2. The van der Waals surface area contributed by atoms with E-state index in [0.29, 0.717) is 18.7 Å². The third-order valence-corrected chi connectivity index (χ3v) is 3.41. The number of carbonyl (C=O) groups is 2. The Morgan fingerprint density at radius 3 is 2.75 bits per heavy atom. The summed E-state index contributed by atoms with van der Waals surface area (Å²) in [6, 6.07) is 5.69. The first-order valence-corrected chi connectivity index (χ1v) is 7.52. The van der Waals surface area contributed by atoms with E-state index in [9.17, 15) is 19.7 Å². The summed E-state index contributed by atoms with van der Waals surface area (Å²) in [5.41, 5.74) is 0.582. The summed E-state index contributed by atoms with van der Waals surface area (Å²) in [7, 11) is 0. The molecule has 8 nitrogen and oxygen atoms in total.